The van der Waals surface area contributed by atoms with E-state index < -0.39 is 26.2 Å². The Balaban J connectivity index is 3.95. The summed E-state index contributed by atoms with van der Waals surface area (Å²) in [4.78, 5) is 31.8. The molecule has 294 valence electrons. The second kappa shape index (κ2) is 40.4. The van der Waals surface area contributed by atoms with Gasteiger partial charge in [0.25, 0.3) is 0 Å². The van der Waals surface area contributed by atoms with Crippen molar-refractivity contribution < 1.29 is 59.7 Å². The molecule has 0 aliphatic heterocycles. The van der Waals surface area contributed by atoms with Crippen LogP contribution < -0.4 is 0 Å². The maximum atomic E-state index is 8.88. The molecule has 0 aliphatic rings. The summed E-state index contributed by atoms with van der Waals surface area (Å²) in [5, 5.41) is 53.3. The van der Waals surface area contributed by atoms with E-state index in [9.17, 15) is 0 Å². The maximum Gasteiger partial charge on any atom is 0.725 e. The van der Waals surface area contributed by atoms with Gasteiger partial charge in [-0.15, -0.1) is 0 Å². The highest BCUT2D eigenvalue weighted by Crippen LogP contribution is 2.14. The first kappa shape index (κ1) is 48.6. The number of hydrogen-bond acceptors (Lipinski definition) is 12. The van der Waals surface area contributed by atoms with Gasteiger partial charge in [0, 0.05) is 0 Å². The summed E-state index contributed by atoms with van der Waals surface area (Å²) >= 11 is 0. The largest absolute Gasteiger partial charge is 0.725 e. The van der Waals surface area contributed by atoms with Crippen LogP contribution in [0.2, 0.25) is 0 Å². The molecule has 49 heavy (non-hydrogen) atoms. The zero-order valence-corrected chi connectivity index (χ0v) is 30.8. The molecule has 0 saturated carbocycles. The molecular weight excluding hydrogens is 635 g/mol. The maximum absolute atomic E-state index is 8.88. The normalized spacial score (nSPS) is 11.9. The Kier molecular flexibility index (Phi) is 40.0. The van der Waals surface area contributed by atoms with Crippen LogP contribution in [0.5, 0.6) is 0 Å². The van der Waals surface area contributed by atoms with Crippen molar-refractivity contribution in [3.63, 3.8) is 0 Å². The topological polar surface area (TPSA) is 177 Å². The lowest BCUT2D eigenvalue weighted by Gasteiger charge is -2.12. The third kappa shape index (κ3) is 43.7. The van der Waals surface area contributed by atoms with Gasteiger partial charge in [-0.3, -0.25) is 0 Å². The molecule has 0 bridgehead atoms. The lowest BCUT2D eigenvalue weighted by molar-refractivity contribution is -0.348. The summed E-state index contributed by atoms with van der Waals surface area (Å²) in [6, 6.07) is 0. The SMILES string of the molecule is OC(O)CCCCCCCCCCCOOB(OOCCCCCCCCCCCC(O)O)OOCCCCCCCCCCCC(O)O. The Labute approximate surface area is 298 Å². The molecule has 0 aliphatic carbocycles. The van der Waals surface area contributed by atoms with Gasteiger partial charge in [-0.1, -0.05) is 135 Å². The van der Waals surface area contributed by atoms with Gasteiger partial charge in [-0.25, -0.2) is 29.1 Å². The van der Waals surface area contributed by atoms with Gasteiger partial charge in [-0.2, -0.15) is 0 Å². The standard InChI is InChI=1S/C36H75BO12/c38-34(39)28-22-16-10-4-1-7-13-19-25-31-44-47-37(48-45-32-26-20-14-8-2-5-11-17-23-29-35(40)41)49-46-33-27-21-15-9-3-6-12-18-24-30-36(42)43/h34-36,38-43H,1-33H2. The fourth-order valence-corrected chi connectivity index (χ4v) is 5.54. The van der Waals surface area contributed by atoms with Gasteiger partial charge < -0.3 is 30.6 Å². The van der Waals surface area contributed by atoms with Crippen molar-refractivity contribution in [2.24, 2.45) is 0 Å². The van der Waals surface area contributed by atoms with E-state index >= 15 is 0 Å². The minimum atomic E-state index is -1.23. The molecule has 0 spiro atoms. The first-order chi connectivity index (χ1) is 23.9. The molecule has 0 aromatic carbocycles. The third-order valence-corrected chi connectivity index (χ3v) is 8.51. The summed E-state index contributed by atoms with van der Waals surface area (Å²) in [5.74, 6) is 0. The van der Waals surface area contributed by atoms with Crippen molar-refractivity contribution in [1.82, 2.24) is 0 Å². The van der Waals surface area contributed by atoms with Gasteiger partial charge in [0.05, 0.1) is 19.8 Å². The first-order valence-corrected chi connectivity index (χ1v) is 19.8. The van der Waals surface area contributed by atoms with Gasteiger partial charge in [0.2, 0.25) is 0 Å². The van der Waals surface area contributed by atoms with Gasteiger partial charge >= 0.3 is 7.32 Å². The van der Waals surface area contributed by atoms with Crippen LogP contribution >= 0.6 is 0 Å². The number of aliphatic hydroxyl groups is 6. The second-order valence-electron chi connectivity index (χ2n) is 13.4. The molecule has 13 heteroatoms. The van der Waals surface area contributed by atoms with Crippen molar-refractivity contribution in [2.75, 3.05) is 19.8 Å². The fraction of sp³-hybridized carbons (Fsp3) is 1.00. The molecule has 6 N–H and O–H groups in total. The molecule has 0 atom stereocenters. The number of aliphatic hydroxyl groups excluding tert-OH is 3. The van der Waals surface area contributed by atoms with E-state index in [1.807, 2.05) is 0 Å². The van der Waals surface area contributed by atoms with E-state index in [1.165, 1.54) is 57.8 Å². The van der Waals surface area contributed by atoms with Gasteiger partial charge in [0.15, 0.2) is 18.9 Å². The fourth-order valence-electron chi connectivity index (χ4n) is 5.54. The van der Waals surface area contributed by atoms with Crippen LogP contribution in [0.1, 0.15) is 193 Å². The Bertz CT molecular complexity index is 538. The van der Waals surface area contributed by atoms with E-state index in [-0.39, 0.29) is 0 Å². The van der Waals surface area contributed by atoms with Crippen LogP contribution in [0.3, 0.4) is 0 Å². The highest BCUT2D eigenvalue weighted by atomic mass is 17.3. The van der Waals surface area contributed by atoms with Crippen molar-refractivity contribution in [3.05, 3.63) is 0 Å². The average Bonchev–Trinajstić information content (AvgIpc) is 3.06. The van der Waals surface area contributed by atoms with Crippen LogP contribution in [0.25, 0.3) is 0 Å². The molecular formula is C36H75BO12. The van der Waals surface area contributed by atoms with Crippen molar-refractivity contribution in [1.29, 1.82) is 0 Å². The quantitative estimate of drug-likeness (QED) is 0.0121. The highest BCUT2D eigenvalue weighted by Gasteiger charge is 2.27. The summed E-state index contributed by atoms with van der Waals surface area (Å²) in [7, 11) is -1.23. The van der Waals surface area contributed by atoms with Crippen molar-refractivity contribution in [2.45, 2.75) is 211 Å². The number of rotatable bonds is 42. The second-order valence-corrected chi connectivity index (χ2v) is 13.4. The van der Waals surface area contributed by atoms with Crippen LogP contribution in [0.15, 0.2) is 0 Å². The summed E-state index contributed by atoms with van der Waals surface area (Å²) < 4.78 is 0. The highest BCUT2D eigenvalue weighted by molar-refractivity contribution is 6.35. The van der Waals surface area contributed by atoms with E-state index in [1.54, 1.807) is 0 Å². The van der Waals surface area contributed by atoms with Crippen LogP contribution in [-0.2, 0) is 29.1 Å². The van der Waals surface area contributed by atoms with E-state index in [2.05, 4.69) is 0 Å². The number of unbranched alkanes of at least 4 members (excludes halogenated alkanes) is 24. The van der Waals surface area contributed by atoms with Gasteiger partial charge in [-0.05, 0) is 57.8 Å². The molecule has 0 fully saturated rings. The monoisotopic (exact) mass is 711 g/mol. The minimum absolute atomic E-state index is 0.416. The first-order valence-electron chi connectivity index (χ1n) is 19.8. The zero-order valence-electron chi connectivity index (χ0n) is 30.8. The van der Waals surface area contributed by atoms with E-state index in [0.29, 0.717) is 39.1 Å². The van der Waals surface area contributed by atoms with E-state index in [0.717, 1.165) is 116 Å². The lowest BCUT2D eigenvalue weighted by Crippen LogP contribution is -2.28. The number of hydrogen-bond donors (Lipinski definition) is 6. The van der Waals surface area contributed by atoms with Crippen molar-refractivity contribution >= 4 is 7.32 Å². The molecule has 0 unspecified atom stereocenters. The average molecular weight is 711 g/mol. The Morgan fingerprint density at radius 1 is 0.265 bits per heavy atom. The van der Waals surface area contributed by atoms with E-state index in [4.69, 9.17) is 59.7 Å². The molecule has 0 aromatic rings. The molecule has 0 saturated heterocycles. The Morgan fingerprint density at radius 2 is 0.449 bits per heavy atom. The Morgan fingerprint density at radius 3 is 0.653 bits per heavy atom. The summed E-state index contributed by atoms with van der Waals surface area (Å²) in [5.41, 5.74) is 0. The minimum Gasteiger partial charge on any atom is -0.368 e. The molecule has 0 rings (SSSR count). The zero-order chi connectivity index (χ0) is 35.9. The third-order valence-electron chi connectivity index (χ3n) is 8.51. The Hall–Kier alpha value is -0.415. The predicted molar refractivity (Wildman–Crippen MR) is 190 cm³/mol. The van der Waals surface area contributed by atoms with Crippen LogP contribution in [0.4, 0.5) is 0 Å². The molecule has 12 nitrogen and oxygen atoms in total. The van der Waals surface area contributed by atoms with Crippen molar-refractivity contribution in [3.8, 4) is 0 Å². The molecule has 0 radical (unpaired) electrons. The smallest absolute Gasteiger partial charge is 0.368 e. The summed E-state index contributed by atoms with van der Waals surface area (Å²) in [6.45, 7) is 1.25. The predicted octanol–water partition coefficient (Wildman–Crippen LogP) is 7.45. The molecule has 0 aromatic heterocycles. The summed E-state index contributed by atoms with van der Waals surface area (Å²) in [6.07, 6.45) is 26.7. The van der Waals surface area contributed by atoms with Crippen LogP contribution in [0, 0.1) is 0 Å². The molecule has 0 amide bonds. The van der Waals surface area contributed by atoms with Crippen LogP contribution in [-0.4, -0.2) is 76.7 Å². The lowest BCUT2D eigenvalue weighted by atomic mass is 10.1. The molecule has 0 heterocycles. The van der Waals surface area contributed by atoms with Gasteiger partial charge in [0.1, 0.15) is 0 Å².